The van der Waals surface area contributed by atoms with Crippen molar-refractivity contribution >= 4 is 11.9 Å². The summed E-state index contributed by atoms with van der Waals surface area (Å²) in [6.45, 7) is 10.1. The highest BCUT2D eigenvalue weighted by atomic mass is 17.5. The fraction of sp³-hybridized carbons (Fsp3) is 0.286. The topological polar surface area (TPSA) is 61.8 Å². The first kappa shape index (κ1) is 16.9. The average Bonchev–Trinajstić information content (AvgIpc) is 2.41. The number of rotatable bonds is 8. The van der Waals surface area contributed by atoms with Crippen molar-refractivity contribution < 1.29 is 24.4 Å². The van der Waals surface area contributed by atoms with Crippen LogP contribution in [0.3, 0.4) is 0 Å². The Morgan fingerprint density at radius 2 is 1.26 bits per heavy atom. The van der Waals surface area contributed by atoms with E-state index in [0.29, 0.717) is 24.0 Å². The van der Waals surface area contributed by atoms with Gasteiger partial charge in [-0.05, 0) is 26.7 Å². The molecule has 0 aromatic rings. The van der Waals surface area contributed by atoms with Crippen LogP contribution >= 0.6 is 0 Å². The predicted molar refractivity (Wildman–Crippen MR) is 70.4 cm³/mol. The summed E-state index contributed by atoms with van der Waals surface area (Å²) >= 11 is 0. The van der Waals surface area contributed by atoms with Gasteiger partial charge in [0.1, 0.15) is 0 Å². The summed E-state index contributed by atoms with van der Waals surface area (Å²) < 4.78 is 0. The molecule has 0 aliphatic rings. The first-order chi connectivity index (χ1) is 9.02. The molecule has 0 saturated heterocycles. The second-order valence-corrected chi connectivity index (χ2v) is 3.63. The van der Waals surface area contributed by atoms with Crippen molar-refractivity contribution in [3.05, 3.63) is 48.6 Å². The molecule has 0 aliphatic carbocycles. The monoisotopic (exact) mass is 266 g/mol. The first-order valence-corrected chi connectivity index (χ1v) is 5.68. The summed E-state index contributed by atoms with van der Waals surface area (Å²) in [5.41, 5.74) is 0.657. The van der Waals surface area contributed by atoms with E-state index < -0.39 is 11.9 Å². The average molecular weight is 266 g/mol. The molecular weight excluding hydrogens is 248 g/mol. The maximum Gasteiger partial charge on any atom is 0.372 e. The van der Waals surface area contributed by atoms with Crippen LogP contribution in [-0.4, -0.2) is 11.9 Å². The molecule has 0 amide bonds. The lowest BCUT2D eigenvalue weighted by Gasteiger charge is -2.02. The highest BCUT2D eigenvalue weighted by molar-refractivity contribution is 5.88. The minimum Gasteiger partial charge on any atom is -0.254 e. The van der Waals surface area contributed by atoms with Crippen molar-refractivity contribution in [2.45, 2.75) is 26.7 Å². The maximum atomic E-state index is 11.3. The zero-order valence-corrected chi connectivity index (χ0v) is 11.2. The molecule has 0 radical (unpaired) electrons. The fourth-order valence-electron chi connectivity index (χ4n) is 0.897. The van der Waals surface area contributed by atoms with E-state index in [0.717, 1.165) is 0 Å². The molecule has 0 saturated carbocycles. The Morgan fingerprint density at radius 3 is 1.58 bits per heavy atom. The van der Waals surface area contributed by atoms with Crippen LogP contribution < -0.4 is 0 Å². The predicted octanol–water partition coefficient (Wildman–Crippen LogP) is 2.96. The van der Waals surface area contributed by atoms with Crippen LogP contribution in [-0.2, 0) is 24.4 Å². The van der Waals surface area contributed by atoms with Crippen LogP contribution in [0.15, 0.2) is 48.6 Å². The molecule has 0 rings (SSSR count). The summed E-state index contributed by atoms with van der Waals surface area (Å²) in [6, 6.07) is 0. The van der Waals surface area contributed by atoms with Crippen molar-refractivity contribution in [1.82, 2.24) is 0 Å². The van der Waals surface area contributed by atoms with Crippen molar-refractivity contribution in [3.8, 4) is 0 Å². The van der Waals surface area contributed by atoms with Gasteiger partial charge < -0.3 is 0 Å². The summed E-state index contributed by atoms with van der Waals surface area (Å²) in [7, 11) is 0. The third-order valence-corrected chi connectivity index (χ3v) is 2.04. The standard InChI is InChI=1S/C14H18O5/c1-5-7-9-11(3)13(15)17-19-18-14(16)12(4)10-8-6-2/h5-6,9-10H,1-2,7-8H2,3-4H3/b11-9+,12-10+. The summed E-state index contributed by atoms with van der Waals surface area (Å²) in [5, 5.41) is 4.13. The molecule has 0 aliphatic heterocycles. The van der Waals surface area contributed by atoms with Gasteiger partial charge in [0.2, 0.25) is 0 Å². The van der Waals surface area contributed by atoms with E-state index in [1.807, 2.05) is 0 Å². The lowest BCUT2D eigenvalue weighted by Crippen LogP contribution is -2.12. The van der Waals surface area contributed by atoms with Crippen LogP contribution in [0.4, 0.5) is 0 Å². The Hall–Kier alpha value is -2.14. The van der Waals surface area contributed by atoms with Crippen LogP contribution in [0.2, 0.25) is 0 Å². The van der Waals surface area contributed by atoms with Crippen molar-refractivity contribution in [1.29, 1.82) is 0 Å². The summed E-state index contributed by atoms with van der Waals surface area (Å²) in [4.78, 5) is 31.2. The molecule has 5 heteroatoms. The van der Waals surface area contributed by atoms with Crippen LogP contribution in [0.1, 0.15) is 26.7 Å². The minimum atomic E-state index is -0.734. The third kappa shape index (κ3) is 7.72. The van der Waals surface area contributed by atoms with Gasteiger partial charge in [0.25, 0.3) is 0 Å². The molecule has 104 valence electrons. The van der Waals surface area contributed by atoms with Gasteiger partial charge >= 0.3 is 11.9 Å². The molecule has 0 heterocycles. The number of hydrogen-bond acceptors (Lipinski definition) is 5. The van der Waals surface area contributed by atoms with Gasteiger partial charge in [0.15, 0.2) is 0 Å². The van der Waals surface area contributed by atoms with E-state index in [-0.39, 0.29) is 0 Å². The Kier molecular flexibility index (Phi) is 8.74. The van der Waals surface area contributed by atoms with Gasteiger partial charge in [-0.15, -0.1) is 13.2 Å². The zero-order chi connectivity index (χ0) is 14.7. The van der Waals surface area contributed by atoms with E-state index in [1.165, 1.54) is 0 Å². The minimum absolute atomic E-state index is 0.329. The normalized spacial score (nSPS) is 11.7. The Morgan fingerprint density at radius 1 is 0.895 bits per heavy atom. The third-order valence-electron chi connectivity index (χ3n) is 2.04. The molecule has 0 spiro atoms. The molecule has 0 atom stereocenters. The van der Waals surface area contributed by atoms with E-state index in [1.54, 1.807) is 38.2 Å². The number of hydrogen-bond donors (Lipinski definition) is 0. The smallest absolute Gasteiger partial charge is 0.254 e. The lowest BCUT2D eigenvalue weighted by molar-refractivity contribution is -0.456. The van der Waals surface area contributed by atoms with Crippen LogP contribution in [0.5, 0.6) is 0 Å². The number of carbonyl (C=O) groups is 2. The second-order valence-electron chi connectivity index (χ2n) is 3.63. The van der Waals surface area contributed by atoms with E-state index in [2.05, 4.69) is 28.0 Å². The van der Waals surface area contributed by atoms with Gasteiger partial charge in [0.05, 0.1) is 0 Å². The lowest BCUT2D eigenvalue weighted by atomic mass is 10.2. The molecule has 5 nitrogen and oxygen atoms in total. The number of allylic oxidation sites excluding steroid dienone is 4. The molecule has 0 bridgehead atoms. The highest BCUT2D eigenvalue weighted by Gasteiger charge is 2.11. The van der Waals surface area contributed by atoms with Crippen molar-refractivity contribution in [2.75, 3.05) is 0 Å². The SMILES string of the molecule is C=CC/C=C(\C)C(=O)OOOC(=O)/C(C)=C/CC=C. The zero-order valence-electron chi connectivity index (χ0n) is 11.2. The van der Waals surface area contributed by atoms with Crippen molar-refractivity contribution in [3.63, 3.8) is 0 Å². The Labute approximate surface area is 112 Å². The first-order valence-electron chi connectivity index (χ1n) is 5.68. The van der Waals surface area contributed by atoms with Gasteiger partial charge in [-0.1, -0.05) is 24.3 Å². The Balaban J connectivity index is 4.09. The van der Waals surface area contributed by atoms with Gasteiger partial charge in [-0.25, -0.2) is 9.59 Å². The molecule has 0 N–H and O–H groups in total. The van der Waals surface area contributed by atoms with Crippen molar-refractivity contribution in [2.24, 2.45) is 0 Å². The van der Waals surface area contributed by atoms with E-state index in [4.69, 9.17) is 0 Å². The van der Waals surface area contributed by atoms with Crippen LogP contribution in [0.25, 0.3) is 0 Å². The fourth-order valence-corrected chi connectivity index (χ4v) is 0.897. The molecule has 0 aromatic heterocycles. The maximum absolute atomic E-state index is 11.3. The van der Waals surface area contributed by atoms with Gasteiger partial charge in [-0.3, -0.25) is 9.78 Å². The second kappa shape index (κ2) is 9.85. The van der Waals surface area contributed by atoms with Gasteiger partial charge in [-0.2, -0.15) is 0 Å². The molecular formula is C14H18O5. The summed E-state index contributed by atoms with van der Waals surface area (Å²) in [5.74, 6) is -1.47. The molecule has 0 unspecified atom stereocenters. The quantitative estimate of drug-likeness (QED) is 0.292. The molecule has 0 aromatic carbocycles. The Bertz CT molecular complexity index is 366. The van der Waals surface area contributed by atoms with E-state index >= 15 is 0 Å². The van der Waals surface area contributed by atoms with Crippen LogP contribution in [0, 0.1) is 0 Å². The molecule has 0 fully saturated rings. The largest absolute Gasteiger partial charge is 0.372 e. The number of carbonyl (C=O) groups excluding carboxylic acids is 2. The molecule has 19 heavy (non-hydrogen) atoms. The van der Waals surface area contributed by atoms with Gasteiger partial charge in [0, 0.05) is 16.2 Å². The highest BCUT2D eigenvalue weighted by Crippen LogP contribution is 2.03. The summed E-state index contributed by atoms with van der Waals surface area (Å²) in [6.07, 6.45) is 7.54. The van der Waals surface area contributed by atoms with E-state index in [9.17, 15) is 9.59 Å².